The Hall–Kier alpha value is -1.45. The largest absolute Gasteiger partial charge is 0.489 e. The highest BCUT2D eigenvalue weighted by molar-refractivity contribution is 6.32. The van der Waals surface area contributed by atoms with E-state index in [1.165, 1.54) is 11.1 Å². The average Bonchev–Trinajstić information content (AvgIpc) is 2.83. The minimum absolute atomic E-state index is 0.202. The van der Waals surface area contributed by atoms with Gasteiger partial charge in [-0.05, 0) is 105 Å². The van der Waals surface area contributed by atoms with Crippen LogP contribution in [-0.4, -0.2) is 30.2 Å². The van der Waals surface area contributed by atoms with Crippen LogP contribution in [0.25, 0.3) is 0 Å². The summed E-state index contributed by atoms with van der Waals surface area (Å²) in [5.41, 5.74) is 3.35. The van der Waals surface area contributed by atoms with Crippen molar-refractivity contribution in [1.82, 2.24) is 0 Å². The Balaban J connectivity index is 2.28. The Morgan fingerprint density at radius 3 is 1.83 bits per heavy atom. The summed E-state index contributed by atoms with van der Waals surface area (Å²) in [6.45, 7) is 28.9. The van der Waals surface area contributed by atoms with Crippen molar-refractivity contribution in [1.29, 1.82) is 0 Å². The van der Waals surface area contributed by atoms with Gasteiger partial charge in [-0.2, -0.15) is 0 Å². The Bertz CT molecular complexity index is 1100. The van der Waals surface area contributed by atoms with E-state index in [1.807, 2.05) is 13.8 Å². The Kier molecular flexibility index (Phi) is 12.1. The van der Waals surface area contributed by atoms with Crippen LogP contribution in [-0.2, 0) is 26.7 Å². The van der Waals surface area contributed by atoms with Crippen molar-refractivity contribution in [2.45, 2.75) is 149 Å². The monoisotopic (exact) mass is 600 g/mol. The molecule has 41 heavy (non-hydrogen) atoms. The first-order valence-corrected chi connectivity index (χ1v) is 18.0. The molecule has 2 aromatic rings. The third-order valence-corrected chi connectivity index (χ3v) is 10.8. The summed E-state index contributed by atoms with van der Waals surface area (Å²) < 4.78 is 19.8. The van der Waals surface area contributed by atoms with Gasteiger partial charge in [-0.15, -0.1) is 0 Å². The average molecular weight is 601 g/mol. The highest BCUT2D eigenvalue weighted by Crippen LogP contribution is 2.40. The van der Waals surface area contributed by atoms with Crippen LogP contribution in [0, 0.1) is 0 Å². The van der Waals surface area contributed by atoms with Gasteiger partial charge in [-0.3, -0.25) is 0 Å². The van der Waals surface area contributed by atoms with Crippen LogP contribution in [0.5, 0.6) is 5.75 Å². The molecule has 6 heteroatoms. The summed E-state index contributed by atoms with van der Waals surface area (Å²) in [6.07, 6.45) is 2.88. The van der Waals surface area contributed by atoms with E-state index in [-0.39, 0.29) is 10.1 Å². The molecule has 0 aliphatic carbocycles. The summed E-state index contributed by atoms with van der Waals surface area (Å²) in [5, 5.41) is 10.5. The Morgan fingerprint density at radius 1 is 0.732 bits per heavy atom. The molecule has 2 rings (SSSR count). The van der Waals surface area contributed by atoms with Gasteiger partial charge in [-0.1, -0.05) is 85.2 Å². The number of hydrogen-bond acceptors (Lipinski definition) is 4. The number of hydrogen-bond donors (Lipinski definition) is 1. The lowest BCUT2D eigenvalue weighted by Gasteiger charge is -2.37. The fourth-order valence-corrected chi connectivity index (χ4v) is 6.65. The molecule has 232 valence electrons. The van der Waals surface area contributed by atoms with Gasteiger partial charge in [0.1, 0.15) is 12.4 Å². The van der Waals surface area contributed by atoms with E-state index in [2.05, 4.69) is 119 Å². The van der Waals surface area contributed by atoms with E-state index in [0.717, 1.165) is 36.1 Å². The van der Waals surface area contributed by atoms with E-state index in [9.17, 15) is 5.11 Å². The highest BCUT2D eigenvalue weighted by atomic mass is 28.2. The molecule has 0 aliphatic heterocycles. The van der Waals surface area contributed by atoms with Crippen molar-refractivity contribution < 1.29 is 18.7 Å². The third kappa shape index (κ3) is 12.8. The van der Waals surface area contributed by atoms with Crippen molar-refractivity contribution in [2.24, 2.45) is 0 Å². The Labute approximate surface area is 256 Å². The van der Waals surface area contributed by atoms with Crippen LogP contribution in [0.3, 0.4) is 0 Å². The zero-order chi connectivity index (χ0) is 31.3. The number of ether oxygens (including phenoxy) is 1. The maximum atomic E-state index is 10.1. The van der Waals surface area contributed by atoms with Crippen molar-refractivity contribution in [3.8, 4) is 5.75 Å². The molecule has 0 amide bonds. The quantitative estimate of drug-likeness (QED) is 0.221. The number of aliphatic hydroxyl groups is 1. The second-order valence-electron chi connectivity index (χ2n) is 16.1. The SMILES string of the molecule is CC(CCCC(C)(C)O)c1cccc(COc2ccc(C(C)(C)O[SiH2]C(C)(C)C)c(C(C)(C)O[SiH2]C(C)(C)C)c2)c1. The van der Waals surface area contributed by atoms with Gasteiger partial charge in [0.2, 0.25) is 0 Å². The van der Waals surface area contributed by atoms with Gasteiger partial charge in [0.15, 0.2) is 19.5 Å². The minimum Gasteiger partial charge on any atom is -0.489 e. The third-order valence-electron chi connectivity index (χ3n) is 7.37. The van der Waals surface area contributed by atoms with Crippen molar-refractivity contribution in [3.63, 3.8) is 0 Å². The molecule has 0 aliphatic rings. The molecular weight excluding hydrogens is 541 g/mol. The maximum absolute atomic E-state index is 10.1. The molecule has 4 nitrogen and oxygen atoms in total. The summed E-state index contributed by atoms with van der Waals surface area (Å²) in [5.74, 6) is 1.29. The van der Waals surface area contributed by atoms with E-state index < -0.39 is 36.3 Å². The van der Waals surface area contributed by atoms with E-state index in [1.54, 1.807) is 0 Å². The highest BCUT2D eigenvalue weighted by Gasteiger charge is 2.34. The number of benzene rings is 2. The lowest BCUT2D eigenvalue weighted by Crippen LogP contribution is -2.34. The first kappa shape index (κ1) is 35.7. The molecule has 1 unspecified atom stereocenters. The summed E-state index contributed by atoms with van der Waals surface area (Å²) in [4.78, 5) is 0. The van der Waals surface area contributed by atoms with Gasteiger partial charge in [0.25, 0.3) is 0 Å². The molecule has 0 heterocycles. The molecule has 0 spiro atoms. The Morgan fingerprint density at radius 2 is 1.29 bits per heavy atom. The fraction of sp³-hybridized carbons (Fsp3) is 0.657. The molecular formula is C35H60O4Si2. The molecule has 2 aromatic carbocycles. The zero-order valence-corrected chi connectivity index (χ0v) is 31.4. The van der Waals surface area contributed by atoms with Crippen molar-refractivity contribution in [3.05, 3.63) is 64.7 Å². The van der Waals surface area contributed by atoms with Crippen LogP contribution in [0.4, 0.5) is 0 Å². The molecule has 0 bridgehead atoms. The van der Waals surface area contributed by atoms with E-state index in [4.69, 9.17) is 13.6 Å². The van der Waals surface area contributed by atoms with Gasteiger partial charge >= 0.3 is 0 Å². The normalized spacial score (nSPS) is 14.9. The zero-order valence-electron chi connectivity index (χ0n) is 28.5. The molecule has 1 atom stereocenters. The van der Waals surface area contributed by atoms with Crippen LogP contribution in [0.2, 0.25) is 10.1 Å². The lowest BCUT2D eigenvalue weighted by molar-refractivity contribution is 0.0678. The van der Waals surface area contributed by atoms with Gasteiger partial charge < -0.3 is 18.7 Å². The summed E-state index contributed by atoms with van der Waals surface area (Å²) in [7, 11) is -1.52. The van der Waals surface area contributed by atoms with E-state index >= 15 is 0 Å². The van der Waals surface area contributed by atoms with Crippen molar-refractivity contribution in [2.75, 3.05) is 0 Å². The minimum atomic E-state index is -0.771. The molecule has 1 N–H and O–H groups in total. The smallest absolute Gasteiger partial charge is 0.168 e. The first-order valence-electron chi connectivity index (χ1n) is 15.4. The van der Waals surface area contributed by atoms with Crippen LogP contribution < -0.4 is 4.74 Å². The van der Waals surface area contributed by atoms with Crippen LogP contribution in [0.15, 0.2) is 42.5 Å². The van der Waals surface area contributed by atoms with Gasteiger partial charge in [-0.25, -0.2) is 0 Å². The summed E-state index contributed by atoms with van der Waals surface area (Å²) in [6, 6.07) is 15.2. The summed E-state index contributed by atoms with van der Waals surface area (Å²) >= 11 is 0. The molecule has 0 fully saturated rings. The molecule has 0 radical (unpaired) electrons. The molecule has 0 aromatic heterocycles. The van der Waals surface area contributed by atoms with Crippen LogP contribution in [0.1, 0.15) is 137 Å². The standard InChI is InChI=1S/C35H60O4Si2/c1-25(16-15-21-33(8,9)36)27-18-14-17-26(22-27)24-37-28-19-20-29(34(10,11)38-40-31(2,3)4)30(23-28)35(12,13)39-41-32(5,6)7/h14,17-20,22-23,25,36H,15-16,21,24,40-41H2,1-13H3. The fourth-order valence-electron chi connectivity index (χ4n) is 4.75. The van der Waals surface area contributed by atoms with Gasteiger partial charge in [0, 0.05) is 0 Å². The lowest BCUT2D eigenvalue weighted by atomic mass is 9.85. The van der Waals surface area contributed by atoms with E-state index in [0.29, 0.717) is 12.5 Å². The molecule has 0 saturated heterocycles. The predicted molar refractivity (Wildman–Crippen MR) is 181 cm³/mol. The van der Waals surface area contributed by atoms with Crippen LogP contribution >= 0.6 is 0 Å². The van der Waals surface area contributed by atoms with Crippen molar-refractivity contribution >= 4 is 19.5 Å². The second kappa shape index (κ2) is 13.9. The first-order chi connectivity index (χ1) is 18.6. The topological polar surface area (TPSA) is 47.9 Å². The van der Waals surface area contributed by atoms with Gasteiger partial charge in [0.05, 0.1) is 16.8 Å². The molecule has 0 saturated carbocycles. The number of rotatable bonds is 14. The second-order valence-corrected chi connectivity index (χ2v) is 21.5. The predicted octanol–water partition coefficient (Wildman–Crippen LogP) is 8.42. The maximum Gasteiger partial charge on any atom is 0.168 e.